The summed E-state index contributed by atoms with van der Waals surface area (Å²) in [5.74, 6) is 0.562. The number of rotatable bonds is 4. The monoisotopic (exact) mass is 268 g/mol. The van der Waals surface area contributed by atoms with Crippen molar-refractivity contribution in [3.05, 3.63) is 69.8 Å². The van der Waals surface area contributed by atoms with Gasteiger partial charge in [-0.25, -0.2) is 0 Å². The van der Waals surface area contributed by atoms with Gasteiger partial charge in [-0.3, -0.25) is 10.1 Å². The third kappa shape index (κ3) is 3.12. The second kappa shape index (κ2) is 5.85. The van der Waals surface area contributed by atoms with E-state index in [-0.39, 0.29) is 11.8 Å². The topological polar surface area (TPSA) is 76.2 Å². The van der Waals surface area contributed by atoms with E-state index in [2.05, 4.69) is 6.07 Å². The molecule has 2 aromatic rings. The highest BCUT2D eigenvalue weighted by molar-refractivity contribution is 5.37. The zero-order valence-corrected chi connectivity index (χ0v) is 10.8. The molecule has 0 heterocycles. The fraction of sp³-hybridized carbons (Fsp3) is 0.133. The normalized spacial score (nSPS) is 11.4. The smallest absolute Gasteiger partial charge is 0.269 e. The van der Waals surface area contributed by atoms with Crippen LogP contribution in [0.25, 0.3) is 0 Å². The Morgan fingerprint density at radius 3 is 2.25 bits per heavy atom. The SMILES string of the molecule is CC(Oc1ccc([N+](=O)[O-])cc1)c1ccc(C#N)cc1. The van der Waals surface area contributed by atoms with Crippen molar-refractivity contribution in [1.82, 2.24) is 0 Å². The van der Waals surface area contributed by atoms with Gasteiger partial charge in [-0.15, -0.1) is 0 Å². The molecule has 5 nitrogen and oxygen atoms in total. The fourth-order valence-corrected chi connectivity index (χ4v) is 1.75. The Morgan fingerprint density at radius 2 is 1.75 bits per heavy atom. The van der Waals surface area contributed by atoms with Gasteiger partial charge in [0.05, 0.1) is 16.6 Å². The predicted octanol–water partition coefficient (Wildman–Crippen LogP) is 3.61. The van der Waals surface area contributed by atoms with E-state index in [1.807, 2.05) is 19.1 Å². The minimum absolute atomic E-state index is 0.0309. The Labute approximate surface area is 116 Å². The van der Waals surface area contributed by atoms with Gasteiger partial charge in [0.25, 0.3) is 5.69 Å². The largest absolute Gasteiger partial charge is 0.486 e. The maximum absolute atomic E-state index is 10.6. The number of nitriles is 1. The first kappa shape index (κ1) is 13.6. The Hall–Kier alpha value is -2.87. The average Bonchev–Trinajstić information content (AvgIpc) is 2.48. The van der Waals surface area contributed by atoms with Crippen molar-refractivity contribution in [3.63, 3.8) is 0 Å². The molecular weight excluding hydrogens is 256 g/mol. The highest BCUT2D eigenvalue weighted by atomic mass is 16.6. The lowest BCUT2D eigenvalue weighted by atomic mass is 10.1. The number of hydrogen-bond donors (Lipinski definition) is 0. The van der Waals surface area contributed by atoms with Crippen LogP contribution < -0.4 is 4.74 Å². The molecule has 1 unspecified atom stereocenters. The first-order valence-corrected chi connectivity index (χ1v) is 6.01. The number of benzene rings is 2. The maximum Gasteiger partial charge on any atom is 0.269 e. The lowest BCUT2D eigenvalue weighted by molar-refractivity contribution is -0.384. The van der Waals surface area contributed by atoms with E-state index in [0.29, 0.717) is 11.3 Å². The van der Waals surface area contributed by atoms with Gasteiger partial charge in [0.1, 0.15) is 11.9 Å². The van der Waals surface area contributed by atoms with Gasteiger partial charge in [-0.05, 0) is 36.8 Å². The van der Waals surface area contributed by atoms with Gasteiger partial charge in [-0.2, -0.15) is 5.26 Å². The van der Waals surface area contributed by atoms with E-state index in [9.17, 15) is 10.1 Å². The van der Waals surface area contributed by atoms with Crippen molar-refractivity contribution < 1.29 is 9.66 Å². The summed E-state index contributed by atoms with van der Waals surface area (Å²) in [7, 11) is 0. The van der Waals surface area contributed by atoms with Crippen molar-refractivity contribution in [2.24, 2.45) is 0 Å². The lowest BCUT2D eigenvalue weighted by Crippen LogP contribution is -2.03. The van der Waals surface area contributed by atoms with Crippen molar-refractivity contribution in [2.45, 2.75) is 13.0 Å². The van der Waals surface area contributed by atoms with E-state index in [1.54, 1.807) is 24.3 Å². The average molecular weight is 268 g/mol. The highest BCUT2D eigenvalue weighted by Gasteiger charge is 2.09. The summed E-state index contributed by atoms with van der Waals surface area (Å²) in [6.07, 6.45) is -0.204. The molecule has 0 saturated carbocycles. The summed E-state index contributed by atoms with van der Waals surface area (Å²) in [6, 6.07) is 15.1. The van der Waals surface area contributed by atoms with Gasteiger partial charge in [0.2, 0.25) is 0 Å². The number of nitro benzene ring substituents is 1. The minimum Gasteiger partial charge on any atom is -0.486 e. The Bertz CT molecular complexity index is 642. The maximum atomic E-state index is 10.6. The van der Waals surface area contributed by atoms with Crippen molar-refractivity contribution >= 4 is 5.69 Å². The number of hydrogen-bond acceptors (Lipinski definition) is 4. The molecular formula is C15H12N2O3. The first-order valence-electron chi connectivity index (χ1n) is 6.01. The summed E-state index contributed by atoms with van der Waals surface area (Å²) in [6.45, 7) is 1.88. The van der Waals surface area contributed by atoms with Crippen LogP contribution in [0.1, 0.15) is 24.2 Å². The number of non-ortho nitro benzene ring substituents is 1. The molecule has 0 saturated heterocycles. The summed E-state index contributed by atoms with van der Waals surface area (Å²) in [5, 5.41) is 19.3. The summed E-state index contributed by atoms with van der Waals surface area (Å²) in [5.41, 5.74) is 1.56. The molecule has 2 rings (SSSR count). The van der Waals surface area contributed by atoms with Gasteiger partial charge in [0.15, 0.2) is 0 Å². The molecule has 0 amide bonds. The highest BCUT2D eigenvalue weighted by Crippen LogP contribution is 2.24. The van der Waals surface area contributed by atoms with Crippen LogP contribution >= 0.6 is 0 Å². The van der Waals surface area contributed by atoms with E-state index >= 15 is 0 Å². The van der Waals surface area contributed by atoms with Crippen molar-refractivity contribution in [3.8, 4) is 11.8 Å². The molecule has 1 atom stereocenters. The molecule has 0 fully saturated rings. The molecule has 0 aliphatic carbocycles. The molecule has 0 aromatic heterocycles. The van der Waals surface area contributed by atoms with Gasteiger partial charge >= 0.3 is 0 Å². The van der Waals surface area contributed by atoms with Crippen LogP contribution in [0.4, 0.5) is 5.69 Å². The van der Waals surface area contributed by atoms with Crippen LogP contribution in [-0.2, 0) is 0 Å². The molecule has 2 aromatic carbocycles. The molecule has 0 aliphatic heterocycles. The van der Waals surface area contributed by atoms with Crippen LogP contribution in [-0.4, -0.2) is 4.92 Å². The molecule has 0 N–H and O–H groups in total. The second-order valence-electron chi connectivity index (χ2n) is 4.24. The predicted molar refractivity (Wildman–Crippen MR) is 73.3 cm³/mol. The summed E-state index contributed by atoms with van der Waals surface area (Å²) in [4.78, 5) is 10.1. The third-order valence-electron chi connectivity index (χ3n) is 2.87. The van der Waals surface area contributed by atoms with Gasteiger partial charge < -0.3 is 4.74 Å². The third-order valence-corrected chi connectivity index (χ3v) is 2.87. The van der Waals surface area contributed by atoms with Gasteiger partial charge in [0, 0.05) is 12.1 Å². The van der Waals surface area contributed by atoms with Crippen LogP contribution in [0.3, 0.4) is 0 Å². The molecule has 100 valence electrons. The van der Waals surface area contributed by atoms with Crippen LogP contribution in [0.2, 0.25) is 0 Å². The quantitative estimate of drug-likeness (QED) is 0.627. The molecule has 20 heavy (non-hydrogen) atoms. The van der Waals surface area contributed by atoms with Crippen LogP contribution in [0.5, 0.6) is 5.75 Å². The molecule has 0 bridgehead atoms. The van der Waals surface area contributed by atoms with Crippen molar-refractivity contribution in [2.75, 3.05) is 0 Å². The zero-order chi connectivity index (χ0) is 14.5. The Morgan fingerprint density at radius 1 is 1.15 bits per heavy atom. The number of nitro groups is 1. The standard InChI is InChI=1S/C15H12N2O3/c1-11(13-4-2-12(10-16)3-5-13)20-15-8-6-14(7-9-15)17(18)19/h2-9,11H,1H3. The Balaban J connectivity index is 2.08. The Kier molecular flexibility index (Phi) is 3.96. The second-order valence-corrected chi connectivity index (χ2v) is 4.24. The number of ether oxygens (including phenoxy) is 1. The summed E-state index contributed by atoms with van der Waals surface area (Å²) < 4.78 is 5.70. The van der Waals surface area contributed by atoms with Crippen molar-refractivity contribution in [1.29, 1.82) is 5.26 Å². The zero-order valence-electron chi connectivity index (χ0n) is 10.8. The first-order chi connectivity index (χ1) is 9.60. The minimum atomic E-state index is -0.451. The van der Waals surface area contributed by atoms with E-state index in [4.69, 9.17) is 10.00 Å². The van der Waals surface area contributed by atoms with E-state index in [0.717, 1.165) is 5.56 Å². The number of nitrogens with zero attached hydrogens (tertiary/aromatic N) is 2. The molecule has 0 radical (unpaired) electrons. The van der Waals surface area contributed by atoms with Crippen LogP contribution in [0, 0.1) is 21.4 Å². The molecule has 0 aliphatic rings. The van der Waals surface area contributed by atoms with E-state index < -0.39 is 4.92 Å². The van der Waals surface area contributed by atoms with Crippen LogP contribution in [0.15, 0.2) is 48.5 Å². The van der Waals surface area contributed by atoms with E-state index in [1.165, 1.54) is 12.1 Å². The van der Waals surface area contributed by atoms with Gasteiger partial charge in [-0.1, -0.05) is 12.1 Å². The summed E-state index contributed by atoms with van der Waals surface area (Å²) >= 11 is 0. The molecule has 0 spiro atoms. The molecule has 5 heteroatoms. The lowest BCUT2D eigenvalue weighted by Gasteiger charge is -2.14. The fourth-order valence-electron chi connectivity index (χ4n) is 1.75.